The fourth-order valence-electron chi connectivity index (χ4n) is 10.7. The van der Waals surface area contributed by atoms with Crippen molar-refractivity contribution in [3.05, 3.63) is 29.8 Å². The molecule has 12 heteroatoms. The van der Waals surface area contributed by atoms with Gasteiger partial charge in [0, 0.05) is 54.2 Å². The molecule has 3 aliphatic rings. The molecule has 11 nitrogen and oxygen atoms in total. The molecule has 3 saturated carbocycles. The maximum absolute atomic E-state index is 14.9. The number of ketones is 1. The van der Waals surface area contributed by atoms with Gasteiger partial charge in [0.2, 0.25) is 5.91 Å². The Bertz CT molecular complexity index is 1650. The summed E-state index contributed by atoms with van der Waals surface area (Å²) in [5.41, 5.74) is -1.39. The molecule has 344 valence electrons. The smallest absolute Gasteiger partial charge is 0.407 e. The number of unbranched alkanes of at least 4 members (excludes halogenated alkanes) is 4. The van der Waals surface area contributed by atoms with Gasteiger partial charge in [0.15, 0.2) is 0 Å². The number of carbonyl (C=O) groups is 5. The number of benzene rings is 1. The summed E-state index contributed by atoms with van der Waals surface area (Å²) in [6.45, 7) is 20.8. The van der Waals surface area contributed by atoms with Crippen molar-refractivity contribution in [1.29, 1.82) is 0 Å². The molecule has 0 heterocycles. The molecule has 0 saturated heterocycles. The second kappa shape index (κ2) is 21.5. The number of rotatable bonds is 19. The van der Waals surface area contributed by atoms with E-state index in [1.165, 1.54) is 11.8 Å². The Labute approximate surface area is 371 Å². The molecule has 2 amide bonds. The van der Waals surface area contributed by atoms with E-state index >= 15 is 0 Å². The van der Waals surface area contributed by atoms with E-state index in [9.17, 15) is 24.0 Å². The highest BCUT2D eigenvalue weighted by molar-refractivity contribution is 8.00. The van der Waals surface area contributed by atoms with Crippen LogP contribution in [-0.4, -0.2) is 79.1 Å². The van der Waals surface area contributed by atoms with Crippen LogP contribution >= 0.6 is 11.8 Å². The van der Waals surface area contributed by atoms with Gasteiger partial charge in [-0.15, -0.1) is 11.8 Å². The molecule has 3 aliphatic carbocycles. The summed E-state index contributed by atoms with van der Waals surface area (Å²) in [4.78, 5) is 66.3. The van der Waals surface area contributed by atoms with Crippen LogP contribution in [0.15, 0.2) is 29.2 Å². The number of esters is 2. The van der Waals surface area contributed by atoms with Crippen LogP contribution in [0.2, 0.25) is 0 Å². The van der Waals surface area contributed by atoms with Crippen molar-refractivity contribution in [2.75, 3.05) is 26.0 Å². The third-order valence-corrected chi connectivity index (χ3v) is 14.9. The van der Waals surface area contributed by atoms with Crippen LogP contribution in [0.1, 0.15) is 158 Å². The Morgan fingerprint density at radius 3 is 2.08 bits per heavy atom. The SMILES string of the molecule is CO[C@@H]1CC[C@]23CC[C@@H](C)[C@](C)([C@H]12)[C@H](OC(=O)CSc1ccc(CC(=O)NCCCNC(=O)OC(C)(C)C)cc1)C[C@](C)(CCCCCCCC(=O)OC(C)(C)C)C(=O)[C@@H]3C. The van der Waals surface area contributed by atoms with E-state index in [2.05, 4.69) is 38.3 Å². The van der Waals surface area contributed by atoms with Crippen LogP contribution in [0.25, 0.3) is 0 Å². The first-order chi connectivity index (χ1) is 28.5. The zero-order chi connectivity index (χ0) is 45.2. The highest BCUT2D eigenvalue weighted by atomic mass is 32.2. The number of methoxy groups -OCH3 is 1. The third-order valence-electron chi connectivity index (χ3n) is 13.9. The monoisotopic (exact) mass is 871 g/mol. The van der Waals surface area contributed by atoms with E-state index in [1.807, 2.05) is 65.8 Å². The Morgan fingerprint density at radius 2 is 1.43 bits per heavy atom. The molecule has 0 aromatic heterocycles. The molecule has 8 atom stereocenters. The van der Waals surface area contributed by atoms with Crippen LogP contribution in [0, 0.1) is 34.0 Å². The summed E-state index contributed by atoms with van der Waals surface area (Å²) in [5.74, 6) is 0.149. The van der Waals surface area contributed by atoms with Crippen molar-refractivity contribution in [3.8, 4) is 0 Å². The number of ether oxygens (including phenoxy) is 4. The first kappa shape index (κ1) is 50.5. The number of amides is 2. The molecular weight excluding hydrogens is 793 g/mol. The maximum Gasteiger partial charge on any atom is 0.407 e. The standard InChI is InChI=1S/C49H78N2O9S/c1-33-23-26-49-27-24-37(57-11)42(49)48(33,10)38(31-47(9,43(55)34(49)2)25-16-14-12-13-15-18-40(53)59-45(3,4)5)58-41(54)32-61-36-21-19-35(20-22-36)30-39(52)50-28-17-29-51-44(56)60-46(6,7)8/h19-22,33-34,37-38,42H,12-18,23-32H2,1-11H3,(H,50,52)(H,51,56)/t33-,34+,37-,38-,42+,47+,48+,49+/m1/s1. The van der Waals surface area contributed by atoms with Crippen molar-refractivity contribution in [3.63, 3.8) is 0 Å². The molecule has 1 aromatic carbocycles. The molecule has 2 bridgehead atoms. The largest absolute Gasteiger partial charge is 0.461 e. The summed E-state index contributed by atoms with van der Waals surface area (Å²) in [6.07, 6.45) is 9.94. The van der Waals surface area contributed by atoms with Crippen molar-refractivity contribution in [1.82, 2.24) is 10.6 Å². The van der Waals surface area contributed by atoms with Crippen molar-refractivity contribution < 1.29 is 42.9 Å². The molecule has 0 spiro atoms. The molecule has 0 aliphatic heterocycles. The van der Waals surface area contributed by atoms with Crippen LogP contribution < -0.4 is 10.6 Å². The lowest BCUT2D eigenvalue weighted by molar-refractivity contribution is -0.205. The number of Topliss-reactive ketones (excluding diaryl/α,β-unsaturated/α-hetero) is 1. The van der Waals surface area contributed by atoms with E-state index < -0.39 is 28.8 Å². The predicted octanol–water partition coefficient (Wildman–Crippen LogP) is 9.80. The van der Waals surface area contributed by atoms with Gasteiger partial charge in [0.25, 0.3) is 0 Å². The topological polar surface area (TPSA) is 146 Å². The quantitative estimate of drug-likeness (QED) is 0.0596. The van der Waals surface area contributed by atoms with Crippen molar-refractivity contribution in [2.24, 2.45) is 34.0 Å². The molecule has 4 rings (SSSR count). The van der Waals surface area contributed by atoms with E-state index in [1.54, 1.807) is 7.11 Å². The van der Waals surface area contributed by atoms with E-state index in [4.69, 9.17) is 18.9 Å². The first-order valence-electron chi connectivity index (χ1n) is 23.0. The minimum atomic E-state index is -0.644. The lowest BCUT2D eigenvalue weighted by atomic mass is 9.43. The lowest BCUT2D eigenvalue weighted by Crippen LogP contribution is -2.63. The van der Waals surface area contributed by atoms with Gasteiger partial charge in [-0.3, -0.25) is 19.2 Å². The Balaban J connectivity index is 1.37. The molecule has 1 aromatic rings. The Morgan fingerprint density at radius 1 is 0.803 bits per heavy atom. The summed E-state index contributed by atoms with van der Waals surface area (Å²) in [7, 11) is 1.79. The molecule has 0 radical (unpaired) electrons. The van der Waals surface area contributed by atoms with Gasteiger partial charge in [0.1, 0.15) is 23.1 Å². The molecule has 61 heavy (non-hydrogen) atoms. The van der Waals surface area contributed by atoms with Gasteiger partial charge in [-0.2, -0.15) is 0 Å². The fourth-order valence-corrected chi connectivity index (χ4v) is 11.4. The van der Waals surface area contributed by atoms with Crippen molar-refractivity contribution >= 4 is 41.5 Å². The second-order valence-electron chi connectivity index (χ2n) is 20.8. The number of thioether (sulfide) groups is 1. The first-order valence-corrected chi connectivity index (χ1v) is 24.0. The minimum absolute atomic E-state index is 0.00498. The number of hydrogen-bond donors (Lipinski definition) is 2. The summed E-state index contributed by atoms with van der Waals surface area (Å²) in [6, 6.07) is 7.66. The normalized spacial score (nSPS) is 28.8. The average Bonchev–Trinajstić information content (AvgIpc) is 3.57. The van der Waals surface area contributed by atoms with Gasteiger partial charge in [-0.1, -0.05) is 65.5 Å². The van der Waals surface area contributed by atoms with Crippen LogP contribution in [0.4, 0.5) is 4.79 Å². The number of carbonyl (C=O) groups excluding carboxylic acids is 5. The number of hydrogen-bond acceptors (Lipinski definition) is 10. The maximum atomic E-state index is 14.9. The van der Waals surface area contributed by atoms with Crippen LogP contribution in [0.3, 0.4) is 0 Å². The Kier molecular flexibility index (Phi) is 17.8. The number of nitrogens with one attached hydrogen (secondary N) is 2. The fraction of sp³-hybridized carbons (Fsp3) is 0.776. The van der Waals surface area contributed by atoms with Crippen molar-refractivity contribution in [2.45, 2.75) is 187 Å². The Hall–Kier alpha value is -3.12. The van der Waals surface area contributed by atoms with Crippen LogP contribution in [-0.2, 0) is 44.5 Å². The predicted molar refractivity (Wildman–Crippen MR) is 240 cm³/mol. The zero-order valence-corrected chi connectivity index (χ0v) is 40.1. The van der Waals surface area contributed by atoms with E-state index in [0.29, 0.717) is 38.1 Å². The molecule has 3 fully saturated rings. The number of alkyl carbamates (subject to hydrolysis) is 1. The highest BCUT2D eigenvalue weighted by Crippen LogP contribution is 2.69. The highest BCUT2D eigenvalue weighted by Gasteiger charge is 2.68. The van der Waals surface area contributed by atoms with E-state index in [-0.39, 0.29) is 64.7 Å². The van der Waals surface area contributed by atoms with Crippen LogP contribution in [0.5, 0.6) is 0 Å². The zero-order valence-electron chi connectivity index (χ0n) is 39.3. The molecule has 0 unspecified atom stereocenters. The molecular formula is C49H78N2O9S. The van der Waals surface area contributed by atoms with Gasteiger partial charge in [-0.25, -0.2) is 4.79 Å². The van der Waals surface area contributed by atoms with Gasteiger partial charge < -0.3 is 29.6 Å². The second-order valence-corrected chi connectivity index (χ2v) is 21.8. The summed E-state index contributed by atoms with van der Waals surface area (Å²) >= 11 is 1.41. The van der Waals surface area contributed by atoms with E-state index in [0.717, 1.165) is 74.7 Å². The van der Waals surface area contributed by atoms with Gasteiger partial charge >= 0.3 is 18.0 Å². The lowest BCUT2D eigenvalue weighted by Gasteiger charge is -2.62. The summed E-state index contributed by atoms with van der Waals surface area (Å²) < 4.78 is 23.6. The van der Waals surface area contributed by atoms with Gasteiger partial charge in [0.05, 0.1) is 18.3 Å². The minimum Gasteiger partial charge on any atom is -0.461 e. The summed E-state index contributed by atoms with van der Waals surface area (Å²) in [5, 5.41) is 5.59. The average molecular weight is 871 g/mol. The molecule has 2 N–H and O–H groups in total. The van der Waals surface area contributed by atoms with Gasteiger partial charge in [-0.05, 0) is 122 Å². The third kappa shape index (κ3) is 13.7.